The van der Waals surface area contributed by atoms with E-state index in [2.05, 4.69) is 6.92 Å². The molecular weight excluding hydrogens is 460 g/mol. The maximum atomic E-state index is 13.1. The normalized spacial score (nSPS) is 41.2. The number of carbonyl (C=O) groups excluding carboxylic acids is 3. The minimum absolute atomic E-state index is 0.0322. The average molecular weight is 495 g/mol. The van der Waals surface area contributed by atoms with Gasteiger partial charge in [-0.1, -0.05) is 55.8 Å². The highest BCUT2D eigenvalue weighted by Gasteiger charge is 2.71. The lowest BCUT2D eigenvalue weighted by molar-refractivity contribution is -0.194. The number of ether oxygens (including phenoxy) is 1. The van der Waals surface area contributed by atoms with Crippen LogP contribution in [0.5, 0.6) is 0 Å². The summed E-state index contributed by atoms with van der Waals surface area (Å²) in [5.74, 6) is -1.44. The maximum absolute atomic E-state index is 13.1. The number of rotatable bonds is 6. The van der Waals surface area contributed by atoms with E-state index in [1.807, 2.05) is 12.1 Å². The molecule has 3 fully saturated rings. The first kappa shape index (κ1) is 25.2. The standard InChI is InChI=1S/C29H34O7/c1-27-11-10-19(31)12-18(27)8-9-20-21-13-25(36-16-23(33)17-6-4-3-5-7-17)29(35,24(34)15-30)28(21,2)14-22(32)26(20)27/h3-7,10-12,20-22,25-26,30,32,35H,8-9,13-16H2,1-2H3/t20-,21-,22-,25+,26+,27-,28-,29+/m0/s1. The number of hydrogen-bond acceptors (Lipinski definition) is 7. The summed E-state index contributed by atoms with van der Waals surface area (Å²) < 4.78 is 5.99. The van der Waals surface area contributed by atoms with Gasteiger partial charge in [-0.25, -0.2) is 0 Å². The molecule has 3 N–H and O–H groups in total. The second kappa shape index (κ2) is 8.84. The number of fused-ring (bicyclic) bond motifs is 5. The predicted molar refractivity (Wildman–Crippen MR) is 131 cm³/mol. The molecule has 1 aromatic carbocycles. The van der Waals surface area contributed by atoms with E-state index in [-0.39, 0.29) is 42.3 Å². The van der Waals surface area contributed by atoms with Crippen LogP contribution in [0.1, 0.15) is 49.9 Å². The van der Waals surface area contributed by atoms with E-state index in [0.29, 0.717) is 24.8 Å². The lowest BCUT2D eigenvalue weighted by Gasteiger charge is -2.59. The van der Waals surface area contributed by atoms with Crippen LogP contribution in [-0.4, -0.2) is 63.7 Å². The van der Waals surface area contributed by atoms with Crippen molar-refractivity contribution in [2.24, 2.45) is 28.6 Å². The van der Waals surface area contributed by atoms with Gasteiger partial charge in [-0.2, -0.15) is 0 Å². The van der Waals surface area contributed by atoms with E-state index in [4.69, 9.17) is 4.74 Å². The van der Waals surface area contributed by atoms with Crippen LogP contribution in [0.15, 0.2) is 54.1 Å². The Bertz CT molecular complexity index is 1140. The van der Waals surface area contributed by atoms with Gasteiger partial charge < -0.3 is 20.1 Å². The number of aliphatic hydroxyl groups excluding tert-OH is 2. The molecule has 192 valence electrons. The Morgan fingerprint density at radius 2 is 1.89 bits per heavy atom. The van der Waals surface area contributed by atoms with Crippen LogP contribution in [0.4, 0.5) is 0 Å². The van der Waals surface area contributed by atoms with Gasteiger partial charge in [0, 0.05) is 22.3 Å². The van der Waals surface area contributed by atoms with Gasteiger partial charge in [0.25, 0.3) is 0 Å². The molecule has 0 unspecified atom stereocenters. The van der Waals surface area contributed by atoms with Crippen LogP contribution >= 0.6 is 0 Å². The number of Topliss-reactive ketones (excluding diaryl/α,β-unsaturated/α-hetero) is 2. The SMILES string of the molecule is C[C@]12C=CC(=O)C=C1CC[C@@H]1[C@@H]2[C@@H](O)C[C@@]2(C)[C@H]1C[C@@H](OCC(=O)c1ccccc1)[C@]2(O)C(=O)CO. The fraction of sp³-hybridized carbons (Fsp3) is 0.552. The molecular formula is C29H34O7. The van der Waals surface area contributed by atoms with E-state index < -0.39 is 41.0 Å². The molecule has 4 aliphatic carbocycles. The van der Waals surface area contributed by atoms with Crippen molar-refractivity contribution in [3.05, 3.63) is 59.7 Å². The zero-order chi connectivity index (χ0) is 25.9. The first-order chi connectivity index (χ1) is 17.1. The van der Waals surface area contributed by atoms with Gasteiger partial charge in [-0.05, 0) is 49.7 Å². The smallest absolute Gasteiger partial charge is 0.192 e. The van der Waals surface area contributed by atoms with E-state index in [1.54, 1.807) is 43.3 Å². The number of ketones is 3. The molecule has 7 nitrogen and oxygen atoms in total. The van der Waals surface area contributed by atoms with Gasteiger partial charge in [-0.3, -0.25) is 14.4 Å². The molecule has 36 heavy (non-hydrogen) atoms. The quantitative estimate of drug-likeness (QED) is 0.520. The fourth-order valence-corrected chi connectivity index (χ4v) is 8.01. The molecule has 5 rings (SSSR count). The Morgan fingerprint density at radius 3 is 2.58 bits per heavy atom. The molecule has 0 saturated heterocycles. The van der Waals surface area contributed by atoms with Crippen molar-refractivity contribution >= 4 is 17.3 Å². The highest BCUT2D eigenvalue weighted by atomic mass is 16.5. The summed E-state index contributed by atoms with van der Waals surface area (Å²) in [6.45, 7) is 2.70. The predicted octanol–water partition coefficient (Wildman–Crippen LogP) is 2.44. The van der Waals surface area contributed by atoms with Crippen molar-refractivity contribution in [1.82, 2.24) is 0 Å². The summed E-state index contributed by atoms with van der Waals surface area (Å²) in [6.07, 6.45) is 5.22. The Morgan fingerprint density at radius 1 is 1.17 bits per heavy atom. The Labute approximate surface area is 210 Å². The van der Waals surface area contributed by atoms with E-state index >= 15 is 0 Å². The lowest BCUT2D eigenvalue weighted by Crippen LogP contribution is -2.64. The Balaban J connectivity index is 1.48. The van der Waals surface area contributed by atoms with E-state index in [1.165, 1.54) is 0 Å². The van der Waals surface area contributed by atoms with Crippen LogP contribution < -0.4 is 0 Å². The van der Waals surface area contributed by atoms with Crippen LogP contribution in [0.2, 0.25) is 0 Å². The Hall–Kier alpha value is -2.45. The zero-order valence-corrected chi connectivity index (χ0v) is 20.7. The second-order valence-electron chi connectivity index (χ2n) is 11.4. The molecule has 7 heteroatoms. The number of benzene rings is 1. The van der Waals surface area contributed by atoms with Crippen molar-refractivity contribution in [3.63, 3.8) is 0 Å². The van der Waals surface area contributed by atoms with E-state index in [9.17, 15) is 29.7 Å². The van der Waals surface area contributed by atoms with Crippen LogP contribution in [0.3, 0.4) is 0 Å². The molecule has 8 atom stereocenters. The van der Waals surface area contributed by atoms with Crippen LogP contribution in [0.25, 0.3) is 0 Å². The van der Waals surface area contributed by atoms with Gasteiger partial charge in [-0.15, -0.1) is 0 Å². The molecule has 4 aliphatic rings. The number of carbonyl (C=O) groups is 3. The summed E-state index contributed by atoms with van der Waals surface area (Å²) in [6, 6.07) is 8.69. The second-order valence-corrected chi connectivity index (χ2v) is 11.4. The van der Waals surface area contributed by atoms with Gasteiger partial charge in [0.2, 0.25) is 0 Å². The summed E-state index contributed by atoms with van der Waals surface area (Å²) in [7, 11) is 0. The highest BCUT2D eigenvalue weighted by Crippen LogP contribution is 2.67. The molecule has 1 aromatic rings. The summed E-state index contributed by atoms with van der Waals surface area (Å²) in [4.78, 5) is 37.9. The van der Waals surface area contributed by atoms with E-state index in [0.717, 1.165) is 5.57 Å². The van der Waals surface area contributed by atoms with Crippen molar-refractivity contribution < 1.29 is 34.4 Å². The fourth-order valence-electron chi connectivity index (χ4n) is 8.01. The molecule has 3 saturated carbocycles. The summed E-state index contributed by atoms with van der Waals surface area (Å²) in [5, 5.41) is 33.3. The molecule has 0 radical (unpaired) electrons. The van der Waals surface area contributed by atoms with Gasteiger partial charge in [0.1, 0.15) is 13.2 Å². The molecule has 0 aliphatic heterocycles. The van der Waals surface area contributed by atoms with Crippen molar-refractivity contribution in [2.75, 3.05) is 13.2 Å². The summed E-state index contributed by atoms with van der Waals surface area (Å²) >= 11 is 0. The first-order valence-electron chi connectivity index (χ1n) is 12.7. The Kier molecular flexibility index (Phi) is 6.19. The number of aliphatic hydroxyl groups is 3. The minimum atomic E-state index is -2.04. The summed E-state index contributed by atoms with van der Waals surface area (Å²) in [5.41, 5.74) is -2.08. The third kappa shape index (κ3) is 3.51. The largest absolute Gasteiger partial charge is 0.393 e. The molecule has 0 heterocycles. The van der Waals surface area contributed by atoms with Gasteiger partial charge in [0.05, 0.1) is 12.2 Å². The van der Waals surface area contributed by atoms with Crippen molar-refractivity contribution in [1.29, 1.82) is 0 Å². The topological polar surface area (TPSA) is 121 Å². The van der Waals surface area contributed by atoms with Crippen LogP contribution in [0, 0.1) is 28.6 Å². The van der Waals surface area contributed by atoms with Crippen molar-refractivity contribution in [3.8, 4) is 0 Å². The highest BCUT2D eigenvalue weighted by molar-refractivity contribution is 6.01. The van der Waals surface area contributed by atoms with Crippen molar-refractivity contribution in [2.45, 2.75) is 57.3 Å². The zero-order valence-electron chi connectivity index (χ0n) is 20.7. The minimum Gasteiger partial charge on any atom is -0.393 e. The molecule has 0 bridgehead atoms. The van der Waals surface area contributed by atoms with Gasteiger partial charge in [0.15, 0.2) is 23.0 Å². The average Bonchev–Trinajstić information content (AvgIpc) is 3.09. The maximum Gasteiger partial charge on any atom is 0.192 e. The number of hydrogen-bond donors (Lipinski definition) is 3. The van der Waals surface area contributed by atoms with Crippen LogP contribution in [-0.2, 0) is 14.3 Å². The monoisotopic (exact) mass is 494 g/mol. The lowest BCUT2D eigenvalue weighted by atomic mass is 9.46. The molecule has 0 aromatic heterocycles. The van der Waals surface area contributed by atoms with Gasteiger partial charge >= 0.3 is 0 Å². The third-order valence-electron chi connectivity index (χ3n) is 9.77. The molecule has 0 spiro atoms. The molecule has 0 amide bonds. The first-order valence-corrected chi connectivity index (χ1v) is 12.7. The number of allylic oxidation sites excluding steroid dienone is 4. The third-order valence-corrected chi connectivity index (χ3v) is 9.77.